The molecule has 3 rings (SSSR count). The lowest BCUT2D eigenvalue weighted by Crippen LogP contribution is -2.45. The van der Waals surface area contributed by atoms with Gasteiger partial charge in [-0.3, -0.25) is 9.88 Å². The minimum atomic E-state index is -0.387. The number of H-pyrrole nitrogens is 1. The van der Waals surface area contributed by atoms with Crippen LogP contribution < -0.4 is 11.1 Å². The average molecular weight is 261 g/mol. The Kier molecular flexibility index (Phi) is 3.40. The Morgan fingerprint density at radius 1 is 1.37 bits per heavy atom. The van der Waals surface area contributed by atoms with E-state index in [2.05, 4.69) is 28.2 Å². The van der Waals surface area contributed by atoms with E-state index in [1.807, 2.05) is 12.1 Å². The first-order valence-corrected chi connectivity index (χ1v) is 6.85. The van der Waals surface area contributed by atoms with E-state index < -0.39 is 0 Å². The molecule has 102 valence electrons. The smallest absolute Gasteiger partial charge is 0.408 e. The first kappa shape index (κ1) is 12.4. The van der Waals surface area contributed by atoms with E-state index in [4.69, 9.17) is 4.42 Å². The molecule has 0 radical (unpaired) electrons. The molecule has 1 unspecified atom stereocenters. The Labute approximate surface area is 111 Å². The zero-order valence-corrected chi connectivity index (χ0v) is 11.1. The van der Waals surface area contributed by atoms with Crippen molar-refractivity contribution in [2.45, 2.75) is 19.4 Å². The van der Waals surface area contributed by atoms with Crippen molar-refractivity contribution in [3.63, 3.8) is 0 Å². The highest BCUT2D eigenvalue weighted by Crippen LogP contribution is 2.26. The van der Waals surface area contributed by atoms with Gasteiger partial charge in [-0.2, -0.15) is 0 Å². The van der Waals surface area contributed by atoms with E-state index >= 15 is 0 Å². The number of hydrogen-bond donors (Lipinski definition) is 2. The highest BCUT2D eigenvalue weighted by Gasteiger charge is 2.21. The third kappa shape index (κ3) is 2.43. The summed E-state index contributed by atoms with van der Waals surface area (Å²) in [7, 11) is 0. The molecule has 0 amide bonds. The predicted octanol–water partition coefficient (Wildman–Crippen LogP) is 1.48. The average Bonchev–Trinajstić information content (AvgIpc) is 2.80. The van der Waals surface area contributed by atoms with Crippen LogP contribution in [0.25, 0.3) is 11.1 Å². The number of aromatic amines is 1. The summed E-state index contributed by atoms with van der Waals surface area (Å²) in [5.74, 6) is -0.387. The fourth-order valence-corrected chi connectivity index (χ4v) is 2.88. The van der Waals surface area contributed by atoms with Crippen molar-refractivity contribution in [3.05, 3.63) is 34.3 Å². The van der Waals surface area contributed by atoms with Crippen molar-refractivity contribution < 1.29 is 4.42 Å². The molecule has 0 saturated carbocycles. The van der Waals surface area contributed by atoms with Gasteiger partial charge in [0.1, 0.15) is 0 Å². The predicted molar refractivity (Wildman–Crippen MR) is 74.3 cm³/mol. The number of rotatable bonds is 3. The van der Waals surface area contributed by atoms with Crippen LogP contribution in [0.5, 0.6) is 0 Å². The number of benzene rings is 1. The van der Waals surface area contributed by atoms with Crippen LogP contribution in [0.3, 0.4) is 0 Å². The molecule has 1 aromatic carbocycles. The van der Waals surface area contributed by atoms with Crippen molar-refractivity contribution in [2.24, 2.45) is 0 Å². The van der Waals surface area contributed by atoms with Gasteiger partial charge >= 0.3 is 5.76 Å². The number of fused-ring (bicyclic) bond motifs is 1. The van der Waals surface area contributed by atoms with E-state index in [0.717, 1.165) is 38.1 Å². The number of nitrogens with one attached hydrogen (secondary N) is 2. The summed E-state index contributed by atoms with van der Waals surface area (Å²) in [5.41, 5.74) is 2.66. The summed E-state index contributed by atoms with van der Waals surface area (Å²) in [5, 5.41) is 3.37. The van der Waals surface area contributed by atoms with Gasteiger partial charge in [0.2, 0.25) is 0 Å². The standard InChI is InChI=1S/C14H19N3O2/c1-2-12(17-7-5-15-6-8-17)10-3-4-13-11(9-10)16-14(18)19-13/h3-4,9,12,15H,2,5-8H2,1H3,(H,16,18). The van der Waals surface area contributed by atoms with Gasteiger partial charge in [-0.05, 0) is 24.1 Å². The lowest BCUT2D eigenvalue weighted by Gasteiger charge is -2.34. The van der Waals surface area contributed by atoms with Gasteiger partial charge in [-0.15, -0.1) is 0 Å². The van der Waals surface area contributed by atoms with Crippen molar-refractivity contribution in [3.8, 4) is 0 Å². The van der Waals surface area contributed by atoms with Crippen molar-refractivity contribution in [1.29, 1.82) is 0 Å². The molecule has 0 spiro atoms. The zero-order chi connectivity index (χ0) is 13.2. The van der Waals surface area contributed by atoms with Gasteiger partial charge in [0.15, 0.2) is 5.58 Å². The Hall–Kier alpha value is -1.59. The van der Waals surface area contributed by atoms with E-state index in [0.29, 0.717) is 11.6 Å². The molecule has 2 heterocycles. The molecule has 1 fully saturated rings. The summed E-state index contributed by atoms with van der Waals surface area (Å²) in [6.45, 7) is 6.43. The van der Waals surface area contributed by atoms with Gasteiger partial charge in [0.05, 0.1) is 5.52 Å². The second-order valence-corrected chi connectivity index (χ2v) is 4.98. The maximum atomic E-state index is 11.2. The zero-order valence-electron chi connectivity index (χ0n) is 11.1. The Balaban J connectivity index is 1.93. The topological polar surface area (TPSA) is 61.3 Å². The summed E-state index contributed by atoms with van der Waals surface area (Å²) in [6, 6.07) is 6.39. The van der Waals surface area contributed by atoms with E-state index in [1.54, 1.807) is 0 Å². The molecule has 19 heavy (non-hydrogen) atoms. The molecular formula is C14H19N3O2. The minimum absolute atomic E-state index is 0.387. The highest BCUT2D eigenvalue weighted by atomic mass is 16.4. The molecule has 1 saturated heterocycles. The largest absolute Gasteiger partial charge is 0.417 e. The van der Waals surface area contributed by atoms with Crippen molar-refractivity contribution in [2.75, 3.05) is 26.2 Å². The number of piperazine rings is 1. The first-order valence-electron chi connectivity index (χ1n) is 6.85. The van der Waals surface area contributed by atoms with Crippen LogP contribution in [0.2, 0.25) is 0 Å². The Morgan fingerprint density at radius 3 is 2.89 bits per heavy atom. The van der Waals surface area contributed by atoms with Crippen LogP contribution in [0.4, 0.5) is 0 Å². The molecule has 2 aromatic rings. The third-order valence-corrected chi connectivity index (χ3v) is 3.81. The van der Waals surface area contributed by atoms with Crippen LogP contribution in [-0.4, -0.2) is 36.1 Å². The molecule has 0 bridgehead atoms. The van der Waals surface area contributed by atoms with Gasteiger partial charge in [-0.1, -0.05) is 13.0 Å². The molecule has 1 aliphatic rings. The minimum Gasteiger partial charge on any atom is -0.408 e. The molecular weight excluding hydrogens is 242 g/mol. The molecule has 1 aromatic heterocycles. The number of oxazole rings is 1. The Bertz CT molecular complexity index is 610. The Morgan fingerprint density at radius 2 is 2.16 bits per heavy atom. The number of aromatic nitrogens is 1. The maximum Gasteiger partial charge on any atom is 0.417 e. The lowest BCUT2D eigenvalue weighted by atomic mass is 10.0. The molecule has 2 N–H and O–H groups in total. The van der Waals surface area contributed by atoms with Crippen LogP contribution in [-0.2, 0) is 0 Å². The second kappa shape index (κ2) is 5.19. The molecule has 1 atom stereocenters. The van der Waals surface area contributed by atoms with Crippen LogP contribution >= 0.6 is 0 Å². The quantitative estimate of drug-likeness (QED) is 0.878. The highest BCUT2D eigenvalue weighted by molar-refractivity contribution is 5.72. The third-order valence-electron chi connectivity index (χ3n) is 3.81. The lowest BCUT2D eigenvalue weighted by molar-refractivity contribution is 0.169. The van der Waals surface area contributed by atoms with E-state index in [1.165, 1.54) is 5.56 Å². The van der Waals surface area contributed by atoms with Gasteiger partial charge in [0, 0.05) is 32.2 Å². The van der Waals surface area contributed by atoms with E-state index in [-0.39, 0.29) is 5.76 Å². The molecule has 5 nitrogen and oxygen atoms in total. The van der Waals surface area contributed by atoms with Crippen LogP contribution in [0, 0.1) is 0 Å². The van der Waals surface area contributed by atoms with Crippen molar-refractivity contribution >= 4 is 11.1 Å². The fourth-order valence-electron chi connectivity index (χ4n) is 2.88. The van der Waals surface area contributed by atoms with Gasteiger partial charge in [0.25, 0.3) is 0 Å². The fraction of sp³-hybridized carbons (Fsp3) is 0.500. The number of nitrogens with zero attached hydrogens (tertiary/aromatic N) is 1. The summed E-state index contributed by atoms with van der Waals surface area (Å²) in [6.07, 6.45) is 1.06. The maximum absolute atomic E-state index is 11.2. The number of hydrogen-bond acceptors (Lipinski definition) is 4. The van der Waals surface area contributed by atoms with Gasteiger partial charge < -0.3 is 9.73 Å². The SMILES string of the molecule is CCC(c1ccc2oc(=O)[nH]c2c1)N1CCNCC1. The molecule has 1 aliphatic heterocycles. The molecule has 0 aliphatic carbocycles. The van der Waals surface area contributed by atoms with Crippen molar-refractivity contribution in [1.82, 2.24) is 15.2 Å². The van der Waals surface area contributed by atoms with Gasteiger partial charge in [-0.25, -0.2) is 4.79 Å². The summed E-state index contributed by atoms with van der Waals surface area (Å²) >= 11 is 0. The monoisotopic (exact) mass is 261 g/mol. The van der Waals surface area contributed by atoms with E-state index in [9.17, 15) is 4.79 Å². The first-order chi connectivity index (χ1) is 9.28. The van der Waals surface area contributed by atoms with Crippen LogP contribution in [0.1, 0.15) is 24.9 Å². The summed E-state index contributed by atoms with van der Waals surface area (Å²) in [4.78, 5) is 16.4. The van der Waals surface area contributed by atoms with Crippen LogP contribution in [0.15, 0.2) is 27.4 Å². The second-order valence-electron chi connectivity index (χ2n) is 4.98. The normalized spacial score (nSPS) is 18.8. The summed E-state index contributed by atoms with van der Waals surface area (Å²) < 4.78 is 5.05. The molecule has 5 heteroatoms.